The fourth-order valence-electron chi connectivity index (χ4n) is 1.92. The lowest BCUT2D eigenvalue weighted by molar-refractivity contribution is 0.595. The van der Waals surface area contributed by atoms with Gasteiger partial charge in [-0.25, -0.2) is 0 Å². The molecule has 20 heavy (non-hydrogen) atoms. The summed E-state index contributed by atoms with van der Waals surface area (Å²) >= 11 is 0. The summed E-state index contributed by atoms with van der Waals surface area (Å²) in [6, 6.07) is 7.22. The van der Waals surface area contributed by atoms with Crippen LogP contribution in [-0.4, -0.2) is 25.7 Å². The number of rotatable bonds is 5. The highest BCUT2D eigenvalue weighted by molar-refractivity contribution is 7.92. The van der Waals surface area contributed by atoms with Crippen LogP contribution in [0, 0.1) is 13.8 Å². The van der Waals surface area contributed by atoms with E-state index in [9.17, 15) is 8.42 Å². The normalized spacial score (nSPS) is 11.6. The van der Waals surface area contributed by atoms with Gasteiger partial charge in [-0.05, 0) is 32.5 Å². The van der Waals surface area contributed by atoms with Crippen LogP contribution < -0.4 is 10.0 Å². The molecular weight excluding hydrogens is 276 g/mol. The molecule has 0 bridgehead atoms. The van der Waals surface area contributed by atoms with Crippen LogP contribution in [0.15, 0.2) is 29.3 Å². The Morgan fingerprint density at radius 3 is 2.60 bits per heavy atom. The Labute approximate surface area is 118 Å². The van der Waals surface area contributed by atoms with Crippen molar-refractivity contribution in [1.82, 2.24) is 15.5 Å². The van der Waals surface area contributed by atoms with E-state index in [1.54, 1.807) is 26.1 Å². The Hall–Kier alpha value is -1.86. The van der Waals surface area contributed by atoms with Crippen molar-refractivity contribution >= 4 is 15.7 Å². The van der Waals surface area contributed by atoms with Gasteiger partial charge < -0.3 is 5.32 Å². The average molecular weight is 294 g/mol. The van der Waals surface area contributed by atoms with Gasteiger partial charge in [-0.1, -0.05) is 18.2 Å². The van der Waals surface area contributed by atoms with Crippen LogP contribution in [-0.2, 0) is 16.6 Å². The molecule has 3 N–H and O–H groups in total. The van der Waals surface area contributed by atoms with Crippen LogP contribution in [0.3, 0.4) is 0 Å². The number of sulfonamides is 1. The van der Waals surface area contributed by atoms with Crippen molar-refractivity contribution in [2.24, 2.45) is 0 Å². The van der Waals surface area contributed by atoms with Gasteiger partial charge in [-0.2, -0.15) is 13.5 Å². The van der Waals surface area contributed by atoms with E-state index in [-0.39, 0.29) is 5.03 Å². The number of aromatic nitrogens is 2. The minimum Gasteiger partial charge on any atom is -0.316 e. The van der Waals surface area contributed by atoms with Crippen LogP contribution >= 0.6 is 0 Å². The molecule has 0 saturated carbocycles. The molecular formula is C13H18N4O2S. The summed E-state index contributed by atoms with van der Waals surface area (Å²) in [6.07, 6.45) is 0. The van der Waals surface area contributed by atoms with E-state index in [4.69, 9.17) is 0 Å². The molecule has 0 radical (unpaired) electrons. The standard InChI is InChI=1S/C13H18N4O2S/c1-9-6-4-5-7-12(9)17-20(18,19)13-11(8-14-3)10(2)15-16-13/h4-7,14,17H,8H2,1-3H3,(H,15,16). The Balaban J connectivity index is 2.39. The van der Waals surface area contributed by atoms with Crippen LogP contribution in [0.25, 0.3) is 0 Å². The summed E-state index contributed by atoms with van der Waals surface area (Å²) in [6.45, 7) is 4.08. The molecule has 0 aliphatic heterocycles. The summed E-state index contributed by atoms with van der Waals surface area (Å²) in [5, 5.41) is 9.62. The van der Waals surface area contributed by atoms with Crippen molar-refractivity contribution in [3.63, 3.8) is 0 Å². The average Bonchev–Trinajstić information content (AvgIpc) is 2.75. The minimum atomic E-state index is -3.70. The zero-order valence-corrected chi connectivity index (χ0v) is 12.5. The third kappa shape index (κ3) is 2.83. The van der Waals surface area contributed by atoms with Crippen molar-refractivity contribution in [3.8, 4) is 0 Å². The number of hydrogen-bond donors (Lipinski definition) is 3. The third-order valence-corrected chi connectivity index (χ3v) is 4.37. The van der Waals surface area contributed by atoms with E-state index in [0.29, 0.717) is 17.8 Å². The molecule has 1 aromatic carbocycles. The fourth-order valence-corrected chi connectivity index (χ4v) is 3.25. The molecule has 2 rings (SSSR count). The number of aryl methyl sites for hydroxylation is 2. The summed E-state index contributed by atoms with van der Waals surface area (Å²) in [4.78, 5) is 0. The molecule has 0 aliphatic rings. The van der Waals surface area contributed by atoms with Gasteiger partial charge in [-0.3, -0.25) is 9.82 Å². The lowest BCUT2D eigenvalue weighted by atomic mass is 10.2. The second-order valence-electron chi connectivity index (χ2n) is 4.58. The molecule has 0 saturated heterocycles. The molecule has 0 aliphatic carbocycles. The highest BCUT2D eigenvalue weighted by Gasteiger charge is 2.23. The van der Waals surface area contributed by atoms with Gasteiger partial charge in [-0.15, -0.1) is 0 Å². The fraction of sp³-hybridized carbons (Fsp3) is 0.308. The quantitative estimate of drug-likeness (QED) is 0.781. The Morgan fingerprint density at radius 2 is 1.95 bits per heavy atom. The zero-order chi connectivity index (χ0) is 14.8. The smallest absolute Gasteiger partial charge is 0.281 e. The number of nitrogens with one attached hydrogen (secondary N) is 3. The third-order valence-electron chi connectivity index (χ3n) is 3.03. The van der Waals surface area contributed by atoms with Crippen molar-refractivity contribution < 1.29 is 8.42 Å². The Kier molecular flexibility index (Phi) is 4.10. The number of benzene rings is 1. The minimum absolute atomic E-state index is 0.0348. The van der Waals surface area contributed by atoms with Crippen molar-refractivity contribution in [2.45, 2.75) is 25.4 Å². The van der Waals surface area contributed by atoms with E-state index in [0.717, 1.165) is 11.3 Å². The summed E-state index contributed by atoms with van der Waals surface area (Å²) in [5.41, 5.74) is 2.81. The molecule has 0 atom stereocenters. The number of para-hydroxylation sites is 1. The van der Waals surface area contributed by atoms with E-state index in [2.05, 4.69) is 20.2 Å². The molecule has 0 amide bonds. The zero-order valence-electron chi connectivity index (χ0n) is 11.7. The lowest BCUT2D eigenvalue weighted by Crippen LogP contribution is -2.18. The van der Waals surface area contributed by atoms with Crippen LogP contribution in [0.2, 0.25) is 0 Å². The van der Waals surface area contributed by atoms with Gasteiger partial charge in [0.25, 0.3) is 10.0 Å². The first-order valence-corrected chi connectivity index (χ1v) is 7.71. The topological polar surface area (TPSA) is 86.9 Å². The van der Waals surface area contributed by atoms with E-state index in [1.807, 2.05) is 19.1 Å². The van der Waals surface area contributed by atoms with Crippen molar-refractivity contribution in [1.29, 1.82) is 0 Å². The summed E-state index contributed by atoms with van der Waals surface area (Å²) < 4.78 is 27.5. The van der Waals surface area contributed by atoms with Gasteiger partial charge >= 0.3 is 0 Å². The summed E-state index contributed by atoms with van der Waals surface area (Å²) in [5.74, 6) is 0. The number of anilines is 1. The number of hydrogen-bond acceptors (Lipinski definition) is 4. The first-order valence-electron chi connectivity index (χ1n) is 6.22. The highest BCUT2D eigenvalue weighted by Crippen LogP contribution is 2.21. The summed E-state index contributed by atoms with van der Waals surface area (Å²) in [7, 11) is -1.94. The largest absolute Gasteiger partial charge is 0.316 e. The number of nitrogens with zero attached hydrogens (tertiary/aromatic N) is 1. The van der Waals surface area contributed by atoms with Gasteiger partial charge in [0.1, 0.15) is 0 Å². The Morgan fingerprint density at radius 1 is 1.25 bits per heavy atom. The van der Waals surface area contributed by atoms with Gasteiger partial charge in [0.05, 0.1) is 5.69 Å². The Bertz CT molecular complexity index is 707. The van der Waals surface area contributed by atoms with E-state index < -0.39 is 10.0 Å². The molecule has 7 heteroatoms. The molecule has 1 heterocycles. The molecule has 2 aromatic rings. The van der Waals surface area contributed by atoms with Crippen LogP contribution in [0.5, 0.6) is 0 Å². The predicted octanol–water partition coefficient (Wildman–Crippen LogP) is 1.55. The van der Waals surface area contributed by atoms with E-state index in [1.165, 1.54) is 0 Å². The molecule has 0 fully saturated rings. The van der Waals surface area contributed by atoms with Gasteiger partial charge in [0.15, 0.2) is 0 Å². The maximum Gasteiger partial charge on any atom is 0.281 e. The number of H-pyrrole nitrogens is 1. The second kappa shape index (κ2) is 5.64. The lowest BCUT2D eigenvalue weighted by Gasteiger charge is -2.10. The van der Waals surface area contributed by atoms with Crippen molar-refractivity contribution in [3.05, 3.63) is 41.1 Å². The first-order chi connectivity index (χ1) is 9.45. The van der Waals surface area contributed by atoms with Crippen LogP contribution in [0.1, 0.15) is 16.8 Å². The maximum absolute atomic E-state index is 12.4. The number of aromatic amines is 1. The molecule has 108 valence electrons. The molecule has 1 aromatic heterocycles. The SMILES string of the molecule is CNCc1c(S(=O)(=O)Nc2ccccc2C)n[nH]c1C. The van der Waals surface area contributed by atoms with Gasteiger partial charge in [0, 0.05) is 17.8 Å². The van der Waals surface area contributed by atoms with Gasteiger partial charge in [0.2, 0.25) is 5.03 Å². The molecule has 0 unspecified atom stereocenters. The maximum atomic E-state index is 12.4. The highest BCUT2D eigenvalue weighted by atomic mass is 32.2. The van der Waals surface area contributed by atoms with Crippen LogP contribution in [0.4, 0.5) is 5.69 Å². The molecule has 6 nitrogen and oxygen atoms in total. The van der Waals surface area contributed by atoms with Crippen molar-refractivity contribution in [2.75, 3.05) is 11.8 Å². The second-order valence-corrected chi connectivity index (χ2v) is 6.18. The predicted molar refractivity (Wildman–Crippen MR) is 78.1 cm³/mol. The van der Waals surface area contributed by atoms with E-state index >= 15 is 0 Å². The first kappa shape index (κ1) is 14.5. The molecule has 0 spiro atoms. The monoisotopic (exact) mass is 294 g/mol.